The maximum Gasteiger partial charge on any atom is 0.326 e. The Hall–Kier alpha value is -4.13. The molecule has 184 valence electrons. The van der Waals surface area contributed by atoms with Crippen LogP contribution in [0.4, 0.5) is 0 Å². The minimum absolute atomic E-state index is 0.0135. The standard InChI is InChI=1S/C21H29N7O6/c22-13(5-3-7-25-21(23)24)18(31)27-15(19(32)28-16(20(33)34)9-17(29)30)8-11-10-26-14-6-2-1-4-12(11)14/h1-2,4,6,10,13,15-16,26H,3,5,7-9,22H2,(H,27,31)(H,28,32)(H,29,30)(H,33,34)(H4,23,24,25)/t13-,15+,16-/m0/s1. The minimum Gasteiger partial charge on any atom is -0.481 e. The number of guanidine groups is 1. The number of aliphatic carboxylic acids is 2. The van der Waals surface area contributed by atoms with Gasteiger partial charge in [0, 0.05) is 30.1 Å². The summed E-state index contributed by atoms with van der Waals surface area (Å²) in [5, 5.41) is 33.5. The summed E-state index contributed by atoms with van der Waals surface area (Å²) >= 11 is 0. The second-order valence-electron chi connectivity index (χ2n) is 7.71. The first-order valence-corrected chi connectivity index (χ1v) is 10.5. The van der Waals surface area contributed by atoms with Gasteiger partial charge in [-0.15, -0.1) is 0 Å². The molecule has 0 saturated heterocycles. The molecule has 1 aromatic carbocycles. The molecule has 3 atom stereocenters. The lowest BCUT2D eigenvalue weighted by Gasteiger charge is -2.22. The molecule has 1 heterocycles. The normalized spacial score (nSPS) is 13.4. The van der Waals surface area contributed by atoms with Crippen LogP contribution in [-0.4, -0.2) is 69.6 Å². The van der Waals surface area contributed by atoms with Gasteiger partial charge in [0.05, 0.1) is 12.5 Å². The highest BCUT2D eigenvalue weighted by molar-refractivity contribution is 5.93. The molecule has 2 rings (SSSR count). The van der Waals surface area contributed by atoms with Gasteiger partial charge < -0.3 is 42.6 Å². The molecule has 2 amide bonds. The number of para-hydroxylation sites is 1. The van der Waals surface area contributed by atoms with Gasteiger partial charge in [0.25, 0.3) is 0 Å². The van der Waals surface area contributed by atoms with Gasteiger partial charge in [-0.05, 0) is 24.5 Å². The largest absolute Gasteiger partial charge is 0.481 e. The number of carbonyl (C=O) groups is 4. The zero-order chi connectivity index (χ0) is 25.3. The van der Waals surface area contributed by atoms with E-state index in [0.717, 1.165) is 10.9 Å². The molecule has 0 radical (unpaired) electrons. The van der Waals surface area contributed by atoms with Crippen molar-refractivity contribution < 1.29 is 29.4 Å². The van der Waals surface area contributed by atoms with Crippen molar-refractivity contribution in [2.45, 2.75) is 43.8 Å². The molecule has 0 spiro atoms. The molecule has 13 heteroatoms. The number of rotatable bonds is 13. The average Bonchev–Trinajstić information content (AvgIpc) is 3.17. The van der Waals surface area contributed by atoms with E-state index in [2.05, 4.69) is 20.9 Å². The molecule has 0 saturated carbocycles. The van der Waals surface area contributed by atoms with Gasteiger partial charge in [0.2, 0.25) is 11.8 Å². The van der Waals surface area contributed by atoms with Crippen molar-refractivity contribution in [3.63, 3.8) is 0 Å². The van der Waals surface area contributed by atoms with Crippen LogP contribution in [0.25, 0.3) is 10.9 Å². The number of carboxylic acids is 2. The van der Waals surface area contributed by atoms with Gasteiger partial charge in [-0.3, -0.25) is 19.8 Å². The summed E-state index contributed by atoms with van der Waals surface area (Å²) < 4.78 is 0. The van der Waals surface area contributed by atoms with Crippen LogP contribution in [0.5, 0.6) is 0 Å². The van der Waals surface area contributed by atoms with Crippen molar-refractivity contribution in [2.75, 3.05) is 6.54 Å². The Bertz CT molecular complexity index is 1050. The molecule has 0 unspecified atom stereocenters. The summed E-state index contributed by atoms with van der Waals surface area (Å²) in [5.41, 5.74) is 12.6. The lowest BCUT2D eigenvalue weighted by Crippen LogP contribution is -2.55. The fraction of sp³-hybridized carbons (Fsp3) is 0.381. The molecule has 0 aliphatic heterocycles. The SMILES string of the molecule is N=C(N)NCCC[C@H](N)C(=O)N[C@H](Cc1c[nH]c2ccccc12)C(=O)N[C@@H](CC(=O)O)C(=O)O. The average molecular weight is 476 g/mol. The first kappa shape index (κ1) is 26.1. The summed E-state index contributed by atoms with van der Waals surface area (Å²) in [5.74, 6) is -4.60. The summed E-state index contributed by atoms with van der Waals surface area (Å²) in [6.07, 6.45) is 1.55. The molecule has 13 nitrogen and oxygen atoms in total. The van der Waals surface area contributed by atoms with Crippen LogP contribution in [-0.2, 0) is 25.6 Å². The number of nitrogens with one attached hydrogen (secondary N) is 5. The van der Waals surface area contributed by atoms with Gasteiger partial charge in [0.15, 0.2) is 5.96 Å². The van der Waals surface area contributed by atoms with E-state index in [0.29, 0.717) is 18.5 Å². The third-order valence-corrected chi connectivity index (χ3v) is 5.07. The Kier molecular flexibility index (Phi) is 9.38. The van der Waals surface area contributed by atoms with Crippen molar-refractivity contribution in [2.24, 2.45) is 11.5 Å². The molecule has 34 heavy (non-hydrogen) atoms. The van der Waals surface area contributed by atoms with Crippen LogP contribution < -0.4 is 27.4 Å². The summed E-state index contributed by atoms with van der Waals surface area (Å²) in [6, 6.07) is 3.47. The van der Waals surface area contributed by atoms with Crippen molar-refractivity contribution in [3.05, 3.63) is 36.0 Å². The predicted octanol–water partition coefficient (Wildman–Crippen LogP) is -1.17. The molecule has 11 N–H and O–H groups in total. The van der Waals surface area contributed by atoms with E-state index < -0.39 is 48.3 Å². The number of amides is 2. The number of fused-ring (bicyclic) bond motifs is 1. The highest BCUT2D eigenvalue weighted by atomic mass is 16.4. The monoisotopic (exact) mass is 475 g/mol. The minimum atomic E-state index is -1.67. The third-order valence-electron chi connectivity index (χ3n) is 5.07. The van der Waals surface area contributed by atoms with Gasteiger partial charge in [-0.25, -0.2) is 4.79 Å². The zero-order valence-electron chi connectivity index (χ0n) is 18.3. The maximum atomic E-state index is 12.9. The van der Waals surface area contributed by atoms with Crippen LogP contribution in [0, 0.1) is 5.41 Å². The van der Waals surface area contributed by atoms with E-state index in [1.165, 1.54) is 0 Å². The van der Waals surface area contributed by atoms with Crippen LogP contribution in [0.1, 0.15) is 24.8 Å². The highest BCUT2D eigenvalue weighted by Gasteiger charge is 2.30. The number of H-pyrrole nitrogens is 1. The lowest BCUT2D eigenvalue weighted by molar-refractivity contribution is -0.147. The Labute approximate surface area is 194 Å². The maximum absolute atomic E-state index is 12.9. The van der Waals surface area contributed by atoms with Gasteiger partial charge >= 0.3 is 11.9 Å². The van der Waals surface area contributed by atoms with E-state index >= 15 is 0 Å². The summed E-state index contributed by atoms with van der Waals surface area (Å²) in [4.78, 5) is 51.0. The Balaban J connectivity index is 2.16. The second kappa shape index (κ2) is 12.2. The van der Waals surface area contributed by atoms with Gasteiger partial charge in [-0.2, -0.15) is 0 Å². The number of nitrogens with two attached hydrogens (primary N) is 2. The van der Waals surface area contributed by atoms with E-state index in [1.807, 2.05) is 24.3 Å². The fourth-order valence-electron chi connectivity index (χ4n) is 3.33. The van der Waals surface area contributed by atoms with Crippen molar-refractivity contribution in [3.8, 4) is 0 Å². The van der Waals surface area contributed by atoms with Crippen molar-refractivity contribution >= 4 is 40.6 Å². The van der Waals surface area contributed by atoms with Gasteiger partial charge in [-0.1, -0.05) is 18.2 Å². The molecular weight excluding hydrogens is 446 g/mol. The second-order valence-corrected chi connectivity index (χ2v) is 7.71. The van der Waals surface area contributed by atoms with Gasteiger partial charge in [0.1, 0.15) is 12.1 Å². The van der Waals surface area contributed by atoms with Crippen LogP contribution >= 0.6 is 0 Å². The number of hydrogen-bond donors (Lipinski definition) is 9. The first-order chi connectivity index (χ1) is 16.1. The predicted molar refractivity (Wildman–Crippen MR) is 123 cm³/mol. The molecule has 1 aromatic heterocycles. The molecule has 0 aliphatic rings. The highest BCUT2D eigenvalue weighted by Crippen LogP contribution is 2.19. The quantitative estimate of drug-likeness (QED) is 0.0962. The Morgan fingerprint density at radius 3 is 2.38 bits per heavy atom. The van der Waals surface area contributed by atoms with E-state index in [9.17, 15) is 24.3 Å². The van der Waals surface area contributed by atoms with E-state index in [-0.39, 0.29) is 18.8 Å². The van der Waals surface area contributed by atoms with Crippen LogP contribution in [0.15, 0.2) is 30.5 Å². The molecular formula is C21H29N7O6. The molecule has 0 fully saturated rings. The Morgan fingerprint density at radius 1 is 1.06 bits per heavy atom. The van der Waals surface area contributed by atoms with Crippen molar-refractivity contribution in [1.29, 1.82) is 5.41 Å². The number of carboxylic acid groups (broad SMARTS) is 2. The lowest BCUT2D eigenvalue weighted by atomic mass is 10.0. The summed E-state index contributed by atoms with van der Waals surface area (Å²) in [6.45, 7) is 0.338. The molecule has 0 bridgehead atoms. The fourth-order valence-corrected chi connectivity index (χ4v) is 3.33. The number of benzene rings is 1. The number of aromatic nitrogens is 1. The number of aromatic amines is 1. The van der Waals surface area contributed by atoms with E-state index in [4.69, 9.17) is 22.0 Å². The third kappa shape index (κ3) is 7.78. The summed E-state index contributed by atoms with van der Waals surface area (Å²) in [7, 11) is 0. The molecule has 2 aromatic rings. The smallest absolute Gasteiger partial charge is 0.326 e. The van der Waals surface area contributed by atoms with Crippen molar-refractivity contribution in [1.82, 2.24) is 20.9 Å². The topological polar surface area (TPSA) is 237 Å². The Morgan fingerprint density at radius 2 is 1.74 bits per heavy atom. The first-order valence-electron chi connectivity index (χ1n) is 10.5. The van der Waals surface area contributed by atoms with Crippen LogP contribution in [0.2, 0.25) is 0 Å². The number of carbonyl (C=O) groups excluding carboxylic acids is 2. The van der Waals surface area contributed by atoms with Crippen LogP contribution in [0.3, 0.4) is 0 Å². The zero-order valence-corrected chi connectivity index (χ0v) is 18.3. The van der Waals surface area contributed by atoms with E-state index in [1.54, 1.807) is 6.20 Å². The number of hydrogen-bond acceptors (Lipinski definition) is 6. The molecule has 0 aliphatic carbocycles.